The second kappa shape index (κ2) is 11.5. The Morgan fingerprint density at radius 1 is 1.03 bits per heavy atom. The molecule has 38 heavy (non-hydrogen) atoms. The number of ether oxygens (including phenoxy) is 4. The SMILES string of the molecule is CC(C)(C)OC(=O)N1CCC/C(=C\OC2CCCCO2)c2c1cc(OCc1ccccc1)c1ccccc21. The lowest BCUT2D eigenvalue weighted by molar-refractivity contribution is -0.129. The van der Waals surface area contributed by atoms with Gasteiger partial charge in [0.15, 0.2) is 6.29 Å². The van der Waals surface area contributed by atoms with Gasteiger partial charge in [-0.15, -0.1) is 0 Å². The predicted octanol–water partition coefficient (Wildman–Crippen LogP) is 7.84. The van der Waals surface area contributed by atoms with Gasteiger partial charge in [0.25, 0.3) is 0 Å². The van der Waals surface area contributed by atoms with E-state index in [0.717, 1.165) is 77.6 Å². The summed E-state index contributed by atoms with van der Waals surface area (Å²) in [6.07, 6.45) is 5.86. The van der Waals surface area contributed by atoms with Crippen LogP contribution in [0, 0.1) is 0 Å². The lowest BCUT2D eigenvalue weighted by Crippen LogP contribution is -2.37. The summed E-state index contributed by atoms with van der Waals surface area (Å²) in [4.78, 5) is 15.2. The first-order valence-electron chi connectivity index (χ1n) is 13.6. The average molecular weight is 516 g/mol. The maximum Gasteiger partial charge on any atom is 0.414 e. The van der Waals surface area contributed by atoms with Gasteiger partial charge < -0.3 is 18.9 Å². The number of amides is 1. The van der Waals surface area contributed by atoms with Crippen LogP contribution in [0.5, 0.6) is 5.75 Å². The Labute approximate surface area is 225 Å². The smallest absolute Gasteiger partial charge is 0.414 e. The lowest BCUT2D eigenvalue weighted by Gasteiger charge is -2.28. The van der Waals surface area contributed by atoms with Crippen LogP contribution in [0.3, 0.4) is 0 Å². The highest BCUT2D eigenvalue weighted by Crippen LogP contribution is 2.44. The normalized spacial score (nSPS) is 19.1. The fourth-order valence-electron chi connectivity index (χ4n) is 5.01. The number of hydrogen-bond acceptors (Lipinski definition) is 5. The Hall–Kier alpha value is -3.51. The molecule has 0 N–H and O–H groups in total. The van der Waals surface area contributed by atoms with Gasteiger partial charge in [-0.2, -0.15) is 0 Å². The van der Waals surface area contributed by atoms with Gasteiger partial charge in [-0.25, -0.2) is 4.79 Å². The molecule has 6 nitrogen and oxygen atoms in total. The number of carbonyl (C=O) groups is 1. The van der Waals surface area contributed by atoms with Crippen molar-refractivity contribution in [3.05, 3.63) is 78.1 Å². The first kappa shape index (κ1) is 26.1. The van der Waals surface area contributed by atoms with E-state index in [0.29, 0.717) is 13.2 Å². The van der Waals surface area contributed by atoms with Gasteiger partial charge in [0.2, 0.25) is 0 Å². The zero-order valence-electron chi connectivity index (χ0n) is 22.6. The number of benzene rings is 3. The Kier molecular flexibility index (Phi) is 7.89. The van der Waals surface area contributed by atoms with E-state index in [1.54, 1.807) is 4.90 Å². The van der Waals surface area contributed by atoms with Crippen molar-refractivity contribution in [1.82, 2.24) is 0 Å². The van der Waals surface area contributed by atoms with E-state index in [9.17, 15) is 4.79 Å². The summed E-state index contributed by atoms with van der Waals surface area (Å²) in [6.45, 7) is 7.36. The first-order chi connectivity index (χ1) is 18.4. The van der Waals surface area contributed by atoms with Crippen molar-refractivity contribution < 1.29 is 23.7 Å². The summed E-state index contributed by atoms with van der Waals surface area (Å²) in [6, 6.07) is 20.3. The van der Waals surface area contributed by atoms with Gasteiger partial charge in [-0.05, 0) is 63.0 Å². The topological polar surface area (TPSA) is 57.2 Å². The zero-order chi connectivity index (χ0) is 26.5. The minimum atomic E-state index is -0.604. The third-order valence-electron chi connectivity index (χ3n) is 6.78. The summed E-state index contributed by atoms with van der Waals surface area (Å²) >= 11 is 0. The van der Waals surface area contributed by atoms with Gasteiger partial charge in [0.1, 0.15) is 18.0 Å². The number of hydrogen-bond donors (Lipinski definition) is 0. The van der Waals surface area contributed by atoms with Gasteiger partial charge in [-0.3, -0.25) is 4.90 Å². The molecule has 0 saturated carbocycles. The van der Waals surface area contributed by atoms with Crippen LogP contribution in [0.15, 0.2) is 66.9 Å². The third-order valence-corrected chi connectivity index (χ3v) is 6.78. The van der Waals surface area contributed by atoms with Gasteiger partial charge in [0, 0.05) is 30.0 Å². The van der Waals surface area contributed by atoms with Crippen LogP contribution in [-0.4, -0.2) is 31.1 Å². The Balaban J connectivity index is 1.60. The Morgan fingerprint density at radius 2 is 1.79 bits per heavy atom. The van der Waals surface area contributed by atoms with Crippen molar-refractivity contribution in [2.24, 2.45) is 0 Å². The first-order valence-corrected chi connectivity index (χ1v) is 13.6. The van der Waals surface area contributed by atoms with Crippen molar-refractivity contribution >= 4 is 28.1 Å². The summed E-state index contributed by atoms with van der Waals surface area (Å²) < 4.78 is 24.2. The predicted molar refractivity (Wildman–Crippen MR) is 150 cm³/mol. The van der Waals surface area contributed by atoms with Gasteiger partial charge in [-0.1, -0.05) is 54.6 Å². The maximum atomic E-state index is 13.5. The van der Waals surface area contributed by atoms with Crippen LogP contribution < -0.4 is 9.64 Å². The van der Waals surface area contributed by atoms with E-state index < -0.39 is 5.60 Å². The summed E-state index contributed by atoms with van der Waals surface area (Å²) in [5.41, 5.74) is 3.28. The Morgan fingerprint density at radius 3 is 2.53 bits per heavy atom. The molecule has 1 unspecified atom stereocenters. The van der Waals surface area contributed by atoms with Gasteiger partial charge >= 0.3 is 6.09 Å². The summed E-state index contributed by atoms with van der Waals surface area (Å²) in [7, 11) is 0. The highest BCUT2D eigenvalue weighted by molar-refractivity contribution is 6.06. The van der Waals surface area contributed by atoms with Crippen molar-refractivity contribution in [2.45, 2.75) is 71.4 Å². The van der Waals surface area contributed by atoms with E-state index in [1.165, 1.54) is 0 Å². The quantitative estimate of drug-likeness (QED) is 0.324. The molecule has 2 aliphatic heterocycles. The standard InChI is InChI=1S/C32H37NO5/c1-32(2,3)38-31(34)33-18-11-14-24(22-37-29-17-9-10-19-35-29)30-26-16-8-7-15-25(26)28(20-27(30)33)36-21-23-12-5-4-6-13-23/h4-8,12-13,15-16,20,22,29H,9-11,14,17-19,21H2,1-3H3/b24-22+. The molecule has 200 valence electrons. The van der Waals surface area contributed by atoms with Crippen LogP contribution >= 0.6 is 0 Å². The molecule has 3 aromatic rings. The molecule has 1 fully saturated rings. The molecule has 2 aliphatic rings. The molecule has 3 aromatic carbocycles. The van der Waals surface area contributed by atoms with Crippen LogP contribution in [-0.2, 0) is 20.8 Å². The third kappa shape index (κ3) is 6.13. The van der Waals surface area contributed by atoms with Crippen molar-refractivity contribution in [2.75, 3.05) is 18.1 Å². The number of allylic oxidation sites excluding steroid dienone is 1. The zero-order valence-corrected chi connectivity index (χ0v) is 22.6. The monoisotopic (exact) mass is 515 g/mol. The summed E-state index contributed by atoms with van der Waals surface area (Å²) in [5.74, 6) is 0.731. The minimum absolute atomic E-state index is 0.232. The van der Waals surface area contributed by atoms with Crippen molar-refractivity contribution in [3.8, 4) is 5.75 Å². The van der Waals surface area contributed by atoms with Crippen LogP contribution in [0.1, 0.15) is 64.0 Å². The van der Waals surface area contributed by atoms with Crippen molar-refractivity contribution in [1.29, 1.82) is 0 Å². The van der Waals surface area contributed by atoms with Crippen LogP contribution in [0.2, 0.25) is 0 Å². The van der Waals surface area contributed by atoms with E-state index in [2.05, 4.69) is 12.1 Å². The molecule has 0 aromatic heterocycles. The molecule has 0 bridgehead atoms. The van der Waals surface area contributed by atoms with Crippen LogP contribution in [0.25, 0.3) is 16.3 Å². The molecule has 0 spiro atoms. The number of anilines is 1. The van der Waals surface area contributed by atoms with E-state index >= 15 is 0 Å². The van der Waals surface area contributed by atoms with E-state index in [1.807, 2.05) is 75.6 Å². The molecule has 2 heterocycles. The molecule has 1 amide bonds. The molecule has 1 saturated heterocycles. The number of carbonyl (C=O) groups excluding carboxylic acids is 1. The molecule has 5 rings (SSSR count). The number of nitrogens with zero attached hydrogens (tertiary/aromatic N) is 1. The second-order valence-electron chi connectivity index (χ2n) is 10.9. The lowest BCUT2D eigenvalue weighted by atomic mass is 9.94. The van der Waals surface area contributed by atoms with Crippen LogP contribution in [0.4, 0.5) is 10.5 Å². The highest BCUT2D eigenvalue weighted by atomic mass is 16.7. The van der Waals surface area contributed by atoms with Crippen molar-refractivity contribution in [3.63, 3.8) is 0 Å². The van der Waals surface area contributed by atoms with Gasteiger partial charge in [0.05, 0.1) is 18.6 Å². The molecular weight excluding hydrogens is 478 g/mol. The fraction of sp³-hybridized carbons (Fsp3) is 0.406. The highest BCUT2D eigenvalue weighted by Gasteiger charge is 2.30. The molecule has 6 heteroatoms. The molecule has 0 aliphatic carbocycles. The number of fused-ring (bicyclic) bond motifs is 3. The summed E-state index contributed by atoms with van der Waals surface area (Å²) in [5, 5.41) is 2.01. The number of rotatable bonds is 5. The van der Waals surface area contributed by atoms with E-state index in [4.69, 9.17) is 18.9 Å². The average Bonchev–Trinajstić information content (AvgIpc) is 3.10. The molecule has 0 radical (unpaired) electrons. The molecular formula is C32H37NO5. The largest absolute Gasteiger partial charge is 0.488 e. The second-order valence-corrected chi connectivity index (χ2v) is 10.9. The molecule has 1 atom stereocenters. The minimum Gasteiger partial charge on any atom is -0.488 e. The van der Waals surface area contributed by atoms with E-state index in [-0.39, 0.29) is 12.4 Å². The fourth-order valence-corrected chi connectivity index (χ4v) is 5.01. The maximum absolute atomic E-state index is 13.5. The Bertz CT molecular complexity index is 1290.